The number of likely N-dealkylation sites (tertiary alicyclic amines) is 1. The number of hydrogen-bond donors (Lipinski definition) is 1. The predicted molar refractivity (Wildman–Crippen MR) is 123 cm³/mol. The first-order chi connectivity index (χ1) is 14.0. The maximum atomic E-state index is 11.1. The molecule has 1 amide bonds. The summed E-state index contributed by atoms with van der Waals surface area (Å²) in [7, 11) is 1.87. The van der Waals surface area contributed by atoms with Crippen molar-refractivity contribution >= 4 is 11.9 Å². The van der Waals surface area contributed by atoms with Crippen LogP contribution in [0.25, 0.3) is 0 Å². The molecule has 0 aromatic carbocycles. The molecule has 4 nitrogen and oxygen atoms in total. The molecule has 0 bridgehead atoms. The van der Waals surface area contributed by atoms with Crippen LogP contribution in [0, 0.1) is 5.92 Å². The van der Waals surface area contributed by atoms with Gasteiger partial charge in [0.2, 0.25) is 5.91 Å². The molecular weight excluding hydrogens is 362 g/mol. The summed E-state index contributed by atoms with van der Waals surface area (Å²) in [5, 5.41) is 8.51. The topological polar surface area (TPSA) is 57.6 Å². The van der Waals surface area contributed by atoms with Gasteiger partial charge in [-0.05, 0) is 44.9 Å². The molecule has 1 fully saturated rings. The van der Waals surface area contributed by atoms with Crippen molar-refractivity contribution in [2.45, 2.75) is 117 Å². The quantitative estimate of drug-likeness (QED) is 0.221. The fraction of sp³-hybridized carbons (Fsp3) is 0.840. The number of unbranched alkanes of at least 4 members (excludes halogenated alkanes) is 11. The number of nitrogens with zero attached hydrogens (tertiary/aromatic N) is 1. The van der Waals surface area contributed by atoms with Crippen LogP contribution in [-0.4, -0.2) is 35.5 Å². The minimum atomic E-state index is -0.664. The maximum Gasteiger partial charge on any atom is 0.303 e. The highest BCUT2D eigenvalue weighted by Crippen LogP contribution is 2.18. The zero-order valence-corrected chi connectivity index (χ0v) is 19.5. The van der Waals surface area contributed by atoms with Gasteiger partial charge >= 0.3 is 5.97 Å². The van der Waals surface area contributed by atoms with E-state index in [9.17, 15) is 9.59 Å². The number of amides is 1. The highest BCUT2D eigenvalue weighted by atomic mass is 16.4. The Morgan fingerprint density at radius 2 is 1.45 bits per heavy atom. The molecule has 1 N–H and O–H groups in total. The van der Waals surface area contributed by atoms with E-state index >= 15 is 0 Å². The van der Waals surface area contributed by atoms with E-state index in [2.05, 4.69) is 26.0 Å². The molecule has 0 aromatic rings. The maximum absolute atomic E-state index is 11.1. The Hall–Kier alpha value is -1.32. The van der Waals surface area contributed by atoms with Gasteiger partial charge in [-0.2, -0.15) is 0 Å². The summed E-state index contributed by atoms with van der Waals surface area (Å²) in [6, 6.07) is 0. The van der Waals surface area contributed by atoms with Gasteiger partial charge in [-0.15, -0.1) is 0 Å². The smallest absolute Gasteiger partial charge is 0.303 e. The molecule has 1 rings (SSSR count). The summed E-state index contributed by atoms with van der Waals surface area (Å²) in [5.74, 6) is -0.00451. The molecule has 1 unspecified atom stereocenters. The SMILES string of the molecule is CCC1CCN(C)C1=O.CCCCCCCC/C=C\CCCCCCCC(=O)O. The number of rotatable bonds is 16. The average molecular weight is 410 g/mol. The Kier molecular flexibility index (Phi) is 19.1. The second-order valence-electron chi connectivity index (χ2n) is 8.38. The van der Waals surface area contributed by atoms with Crippen LogP contribution in [0.1, 0.15) is 117 Å². The molecule has 0 radical (unpaired) electrons. The van der Waals surface area contributed by atoms with Crippen molar-refractivity contribution in [3.8, 4) is 0 Å². The van der Waals surface area contributed by atoms with Gasteiger partial charge in [-0.1, -0.05) is 77.4 Å². The molecule has 0 aliphatic carbocycles. The van der Waals surface area contributed by atoms with Crippen molar-refractivity contribution < 1.29 is 14.7 Å². The lowest BCUT2D eigenvalue weighted by Gasteiger charge is -2.07. The van der Waals surface area contributed by atoms with Gasteiger partial charge in [-0.3, -0.25) is 9.59 Å². The molecule has 0 saturated carbocycles. The molecule has 1 saturated heterocycles. The molecule has 170 valence electrons. The van der Waals surface area contributed by atoms with E-state index in [0.29, 0.717) is 18.2 Å². The first-order valence-corrected chi connectivity index (χ1v) is 12.1. The van der Waals surface area contributed by atoms with Gasteiger partial charge in [0.15, 0.2) is 0 Å². The standard InChI is InChI=1S/C18H34O2.C7H13NO/c1-2-3-4-5-6-7-8-9-10-11-12-13-14-15-16-17-18(19)20;1-3-6-4-5-8(2)7(6)9/h9-10H,2-8,11-17H2,1H3,(H,19,20);6H,3-5H2,1-2H3/b10-9-;. The van der Waals surface area contributed by atoms with Gasteiger partial charge in [0, 0.05) is 25.9 Å². The summed E-state index contributed by atoms with van der Waals surface area (Å²) in [6.07, 6.45) is 23.3. The highest BCUT2D eigenvalue weighted by Gasteiger charge is 2.26. The lowest BCUT2D eigenvalue weighted by molar-refractivity contribution is -0.137. The normalized spacial score (nSPS) is 16.3. The largest absolute Gasteiger partial charge is 0.481 e. The fourth-order valence-corrected chi connectivity index (χ4v) is 3.62. The summed E-state index contributed by atoms with van der Waals surface area (Å²) >= 11 is 0. The molecule has 29 heavy (non-hydrogen) atoms. The third-order valence-electron chi connectivity index (χ3n) is 5.68. The zero-order valence-electron chi connectivity index (χ0n) is 19.5. The number of hydrogen-bond acceptors (Lipinski definition) is 2. The Balaban J connectivity index is 0.000000717. The summed E-state index contributed by atoms with van der Waals surface area (Å²) in [6.45, 7) is 5.29. The third-order valence-corrected chi connectivity index (χ3v) is 5.68. The van der Waals surface area contributed by atoms with Crippen LogP contribution in [0.4, 0.5) is 0 Å². The summed E-state index contributed by atoms with van der Waals surface area (Å²) in [5.41, 5.74) is 0. The van der Waals surface area contributed by atoms with Crippen molar-refractivity contribution in [2.24, 2.45) is 5.92 Å². The van der Waals surface area contributed by atoms with Gasteiger partial charge in [-0.25, -0.2) is 0 Å². The number of carbonyl (C=O) groups is 2. The minimum Gasteiger partial charge on any atom is -0.481 e. The van der Waals surface area contributed by atoms with E-state index in [-0.39, 0.29) is 0 Å². The zero-order chi connectivity index (χ0) is 21.7. The highest BCUT2D eigenvalue weighted by molar-refractivity contribution is 5.80. The average Bonchev–Trinajstić information content (AvgIpc) is 3.03. The summed E-state index contributed by atoms with van der Waals surface area (Å²) in [4.78, 5) is 23.2. The first-order valence-electron chi connectivity index (χ1n) is 12.1. The van der Waals surface area contributed by atoms with E-state index in [4.69, 9.17) is 5.11 Å². The van der Waals surface area contributed by atoms with Crippen LogP contribution in [0.5, 0.6) is 0 Å². The number of aliphatic carboxylic acids is 1. The molecule has 1 aliphatic heterocycles. The number of carbonyl (C=O) groups excluding carboxylic acids is 1. The third kappa shape index (κ3) is 17.3. The van der Waals surface area contributed by atoms with Crippen LogP contribution in [0.2, 0.25) is 0 Å². The Bertz CT molecular complexity index is 434. The monoisotopic (exact) mass is 409 g/mol. The van der Waals surface area contributed by atoms with E-state index in [1.165, 1.54) is 70.6 Å². The number of carboxylic acid groups (broad SMARTS) is 1. The molecule has 1 heterocycles. The first kappa shape index (κ1) is 27.7. The Morgan fingerprint density at radius 3 is 1.86 bits per heavy atom. The van der Waals surface area contributed by atoms with Crippen LogP contribution in [-0.2, 0) is 9.59 Å². The van der Waals surface area contributed by atoms with Crippen molar-refractivity contribution in [2.75, 3.05) is 13.6 Å². The van der Waals surface area contributed by atoms with Crippen LogP contribution >= 0.6 is 0 Å². The van der Waals surface area contributed by atoms with E-state index in [0.717, 1.165) is 32.2 Å². The Labute approximate surface area is 180 Å². The number of carboxylic acids is 1. The molecule has 1 atom stereocenters. The number of allylic oxidation sites excluding steroid dienone is 2. The predicted octanol–water partition coefficient (Wildman–Crippen LogP) is 6.98. The van der Waals surface area contributed by atoms with Crippen LogP contribution < -0.4 is 0 Å². The van der Waals surface area contributed by atoms with Crippen molar-refractivity contribution in [3.63, 3.8) is 0 Å². The van der Waals surface area contributed by atoms with Crippen LogP contribution in [0.15, 0.2) is 12.2 Å². The molecule has 1 aliphatic rings. The minimum absolute atomic E-state index is 0.329. The van der Waals surface area contributed by atoms with Gasteiger partial charge in [0.1, 0.15) is 0 Å². The van der Waals surface area contributed by atoms with E-state index in [1.807, 2.05) is 11.9 Å². The second kappa shape index (κ2) is 20.0. The molecule has 0 aromatic heterocycles. The molecule has 0 spiro atoms. The molecule has 4 heteroatoms. The lowest BCUT2D eigenvalue weighted by atomic mass is 10.1. The van der Waals surface area contributed by atoms with Gasteiger partial charge < -0.3 is 10.0 Å². The Morgan fingerprint density at radius 1 is 0.931 bits per heavy atom. The van der Waals surface area contributed by atoms with Crippen molar-refractivity contribution in [1.82, 2.24) is 4.90 Å². The second-order valence-corrected chi connectivity index (χ2v) is 8.38. The van der Waals surface area contributed by atoms with Crippen LogP contribution in [0.3, 0.4) is 0 Å². The van der Waals surface area contributed by atoms with Crippen molar-refractivity contribution in [3.05, 3.63) is 12.2 Å². The fourth-order valence-electron chi connectivity index (χ4n) is 3.62. The summed E-state index contributed by atoms with van der Waals surface area (Å²) < 4.78 is 0. The van der Waals surface area contributed by atoms with Gasteiger partial charge in [0.25, 0.3) is 0 Å². The van der Waals surface area contributed by atoms with E-state index < -0.39 is 5.97 Å². The van der Waals surface area contributed by atoms with E-state index in [1.54, 1.807) is 0 Å². The van der Waals surface area contributed by atoms with Gasteiger partial charge in [0.05, 0.1) is 0 Å². The van der Waals surface area contributed by atoms with Crippen molar-refractivity contribution in [1.29, 1.82) is 0 Å². The molecular formula is C25H47NO3. The lowest BCUT2D eigenvalue weighted by Crippen LogP contribution is -2.22.